The van der Waals surface area contributed by atoms with Crippen molar-refractivity contribution in [3.63, 3.8) is 0 Å². The first-order valence-corrected chi connectivity index (χ1v) is 9.45. The molecule has 130 valence electrons. The molecule has 1 N–H and O–H groups in total. The molecule has 2 aromatic heterocycles. The number of aryl methyl sites for hydroxylation is 2. The number of likely N-dealkylation sites (tertiary alicyclic amines) is 1. The Labute approximate surface area is 147 Å². The molecule has 1 aliphatic heterocycles. The SMILES string of the molecule is CCc1nc(C)c(CNC(=O)[C@H]2CCCN(Cc3ccco3)C2)s1. The van der Waals surface area contributed by atoms with Crippen molar-refractivity contribution in [2.45, 2.75) is 46.2 Å². The molecule has 0 radical (unpaired) electrons. The molecule has 1 saturated heterocycles. The summed E-state index contributed by atoms with van der Waals surface area (Å²) in [5.41, 5.74) is 1.04. The largest absolute Gasteiger partial charge is 0.468 e. The number of aromatic nitrogens is 1. The number of rotatable bonds is 6. The van der Waals surface area contributed by atoms with Gasteiger partial charge in [0, 0.05) is 11.4 Å². The molecule has 1 atom stereocenters. The molecule has 0 spiro atoms. The predicted octanol–water partition coefficient (Wildman–Crippen LogP) is 3.14. The van der Waals surface area contributed by atoms with E-state index in [0.717, 1.165) is 55.4 Å². The number of nitrogens with zero attached hydrogens (tertiary/aromatic N) is 2. The van der Waals surface area contributed by atoms with Gasteiger partial charge in [-0.05, 0) is 44.9 Å². The summed E-state index contributed by atoms with van der Waals surface area (Å²) < 4.78 is 5.42. The van der Waals surface area contributed by atoms with E-state index in [-0.39, 0.29) is 11.8 Å². The van der Waals surface area contributed by atoms with E-state index >= 15 is 0 Å². The fourth-order valence-electron chi connectivity index (χ4n) is 3.15. The van der Waals surface area contributed by atoms with Crippen LogP contribution in [0.5, 0.6) is 0 Å². The van der Waals surface area contributed by atoms with Gasteiger partial charge in [-0.2, -0.15) is 0 Å². The molecule has 0 bridgehead atoms. The Morgan fingerprint density at radius 3 is 3.12 bits per heavy atom. The van der Waals surface area contributed by atoms with Crippen LogP contribution in [0.15, 0.2) is 22.8 Å². The van der Waals surface area contributed by atoms with Crippen molar-refractivity contribution in [3.8, 4) is 0 Å². The zero-order valence-corrected chi connectivity index (χ0v) is 15.2. The third-order valence-electron chi connectivity index (χ3n) is 4.50. The van der Waals surface area contributed by atoms with E-state index in [2.05, 4.69) is 22.1 Å². The van der Waals surface area contributed by atoms with Crippen molar-refractivity contribution in [1.29, 1.82) is 0 Å². The predicted molar refractivity (Wildman–Crippen MR) is 94.8 cm³/mol. The standard InChI is InChI=1S/C18H25N3O2S/c1-3-17-20-13(2)16(24-17)10-19-18(22)14-6-4-8-21(11-14)12-15-7-5-9-23-15/h5,7,9,14H,3-4,6,8,10-12H2,1-2H3,(H,19,22)/t14-/m0/s1. The second-order valence-corrected chi connectivity index (χ2v) is 7.51. The number of carbonyl (C=O) groups excluding carboxylic acids is 1. The molecule has 3 rings (SSSR count). The lowest BCUT2D eigenvalue weighted by molar-refractivity contribution is -0.127. The highest BCUT2D eigenvalue weighted by Crippen LogP contribution is 2.21. The summed E-state index contributed by atoms with van der Waals surface area (Å²) in [6.07, 6.45) is 4.66. The number of nitrogens with one attached hydrogen (secondary N) is 1. The summed E-state index contributed by atoms with van der Waals surface area (Å²) in [5.74, 6) is 1.18. The zero-order chi connectivity index (χ0) is 16.9. The molecular formula is C18H25N3O2S. The van der Waals surface area contributed by atoms with Crippen LogP contribution in [0.1, 0.15) is 41.1 Å². The average molecular weight is 347 g/mol. The van der Waals surface area contributed by atoms with Gasteiger partial charge in [0.25, 0.3) is 0 Å². The van der Waals surface area contributed by atoms with Crippen molar-refractivity contribution >= 4 is 17.2 Å². The summed E-state index contributed by atoms with van der Waals surface area (Å²) >= 11 is 1.70. The lowest BCUT2D eigenvalue weighted by Crippen LogP contribution is -2.42. The topological polar surface area (TPSA) is 58.4 Å². The lowest BCUT2D eigenvalue weighted by Gasteiger charge is -2.31. The van der Waals surface area contributed by atoms with Crippen molar-refractivity contribution in [3.05, 3.63) is 39.7 Å². The van der Waals surface area contributed by atoms with Crippen molar-refractivity contribution < 1.29 is 9.21 Å². The molecule has 2 aromatic rings. The fraction of sp³-hybridized carbons (Fsp3) is 0.556. The normalized spacial score (nSPS) is 18.7. The van der Waals surface area contributed by atoms with Crippen LogP contribution in [0, 0.1) is 12.8 Å². The molecule has 6 heteroatoms. The number of hydrogen-bond acceptors (Lipinski definition) is 5. The van der Waals surface area contributed by atoms with Gasteiger partial charge < -0.3 is 9.73 Å². The maximum atomic E-state index is 12.5. The van der Waals surface area contributed by atoms with Crippen LogP contribution in [-0.2, 0) is 24.3 Å². The minimum absolute atomic E-state index is 0.0626. The molecule has 0 unspecified atom stereocenters. The quantitative estimate of drug-likeness (QED) is 0.872. The van der Waals surface area contributed by atoms with Gasteiger partial charge in [0.1, 0.15) is 5.76 Å². The molecule has 1 amide bonds. The van der Waals surface area contributed by atoms with Crippen LogP contribution in [0.3, 0.4) is 0 Å². The molecular weight excluding hydrogens is 322 g/mol. The molecule has 3 heterocycles. The van der Waals surface area contributed by atoms with Gasteiger partial charge in [-0.25, -0.2) is 4.98 Å². The molecule has 1 aliphatic rings. The molecule has 0 saturated carbocycles. The van der Waals surface area contributed by atoms with Gasteiger partial charge in [-0.1, -0.05) is 6.92 Å². The molecule has 1 fully saturated rings. The van der Waals surface area contributed by atoms with Gasteiger partial charge in [-0.15, -0.1) is 11.3 Å². The smallest absolute Gasteiger partial charge is 0.224 e. The van der Waals surface area contributed by atoms with Gasteiger partial charge in [0.05, 0.1) is 36.0 Å². The highest BCUT2D eigenvalue weighted by molar-refractivity contribution is 7.11. The Morgan fingerprint density at radius 2 is 2.42 bits per heavy atom. The van der Waals surface area contributed by atoms with E-state index in [4.69, 9.17) is 4.42 Å². The summed E-state index contributed by atoms with van der Waals surface area (Å²) in [4.78, 5) is 20.5. The summed E-state index contributed by atoms with van der Waals surface area (Å²) in [6, 6.07) is 3.90. The summed E-state index contributed by atoms with van der Waals surface area (Å²) in [5, 5.41) is 4.25. The molecule has 24 heavy (non-hydrogen) atoms. The van der Waals surface area contributed by atoms with E-state index < -0.39 is 0 Å². The van der Waals surface area contributed by atoms with Gasteiger partial charge in [0.2, 0.25) is 5.91 Å². The third kappa shape index (κ3) is 4.24. The number of hydrogen-bond donors (Lipinski definition) is 1. The molecule has 0 aromatic carbocycles. The zero-order valence-electron chi connectivity index (χ0n) is 14.4. The maximum Gasteiger partial charge on any atom is 0.224 e. The van der Waals surface area contributed by atoms with Crippen LogP contribution in [0.2, 0.25) is 0 Å². The van der Waals surface area contributed by atoms with Crippen LogP contribution in [0.25, 0.3) is 0 Å². The first kappa shape index (κ1) is 17.2. The third-order valence-corrected chi connectivity index (χ3v) is 5.80. The van der Waals surface area contributed by atoms with E-state index in [0.29, 0.717) is 6.54 Å². The van der Waals surface area contributed by atoms with Gasteiger partial charge in [0.15, 0.2) is 0 Å². The van der Waals surface area contributed by atoms with Crippen LogP contribution in [0.4, 0.5) is 0 Å². The fourth-order valence-corrected chi connectivity index (χ4v) is 4.10. The van der Waals surface area contributed by atoms with Crippen LogP contribution >= 0.6 is 11.3 Å². The van der Waals surface area contributed by atoms with E-state index in [1.165, 1.54) is 4.88 Å². The summed E-state index contributed by atoms with van der Waals surface area (Å²) in [7, 11) is 0. The Hall–Kier alpha value is -1.66. The first-order chi connectivity index (χ1) is 11.7. The van der Waals surface area contributed by atoms with Crippen molar-refractivity contribution in [2.24, 2.45) is 5.92 Å². The van der Waals surface area contributed by atoms with E-state index in [9.17, 15) is 4.79 Å². The molecule has 0 aliphatic carbocycles. The number of carbonyl (C=O) groups is 1. The van der Waals surface area contributed by atoms with Crippen LogP contribution < -0.4 is 5.32 Å². The maximum absolute atomic E-state index is 12.5. The minimum atomic E-state index is 0.0626. The highest BCUT2D eigenvalue weighted by atomic mass is 32.1. The number of piperidine rings is 1. The minimum Gasteiger partial charge on any atom is -0.468 e. The Balaban J connectivity index is 1.51. The van der Waals surface area contributed by atoms with E-state index in [1.807, 2.05) is 19.1 Å². The van der Waals surface area contributed by atoms with Gasteiger partial charge in [-0.3, -0.25) is 9.69 Å². The Kier molecular flexibility index (Phi) is 5.68. The van der Waals surface area contributed by atoms with Crippen LogP contribution in [-0.4, -0.2) is 28.9 Å². The number of amides is 1. The van der Waals surface area contributed by atoms with E-state index in [1.54, 1.807) is 17.6 Å². The monoisotopic (exact) mass is 347 g/mol. The Morgan fingerprint density at radius 1 is 1.54 bits per heavy atom. The molecule has 5 nitrogen and oxygen atoms in total. The average Bonchev–Trinajstić information content (AvgIpc) is 3.22. The Bertz CT molecular complexity index is 666. The second kappa shape index (κ2) is 7.94. The first-order valence-electron chi connectivity index (χ1n) is 8.63. The van der Waals surface area contributed by atoms with Crippen molar-refractivity contribution in [1.82, 2.24) is 15.2 Å². The van der Waals surface area contributed by atoms with Gasteiger partial charge >= 0.3 is 0 Å². The summed E-state index contributed by atoms with van der Waals surface area (Å²) in [6.45, 7) is 7.33. The highest BCUT2D eigenvalue weighted by Gasteiger charge is 2.26. The lowest BCUT2D eigenvalue weighted by atomic mass is 9.97. The second-order valence-electron chi connectivity index (χ2n) is 6.34. The van der Waals surface area contributed by atoms with Crippen molar-refractivity contribution in [2.75, 3.05) is 13.1 Å². The number of furan rings is 1. The number of thiazole rings is 1.